The molecule has 1 aromatic heterocycles. The topological polar surface area (TPSA) is 103 Å². The molecule has 1 aliphatic rings. The Labute approximate surface area is 160 Å². The molecule has 2 unspecified atom stereocenters. The van der Waals surface area contributed by atoms with Gasteiger partial charge in [-0.2, -0.15) is 0 Å². The van der Waals surface area contributed by atoms with Gasteiger partial charge in [-0.1, -0.05) is 18.7 Å². The van der Waals surface area contributed by atoms with Crippen molar-refractivity contribution in [1.29, 1.82) is 0 Å². The fourth-order valence-electron chi connectivity index (χ4n) is 3.26. The highest BCUT2D eigenvalue weighted by molar-refractivity contribution is 5.72. The zero-order valence-electron chi connectivity index (χ0n) is 16.0. The molecule has 0 saturated carbocycles. The van der Waals surface area contributed by atoms with Crippen LogP contribution in [0.3, 0.4) is 0 Å². The molecule has 7 nitrogen and oxygen atoms in total. The molecule has 0 radical (unpaired) electrons. The van der Waals surface area contributed by atoms with E-state index >= 15 is 0 Å². The lowest BCUT2D eigenvalue weighted by molar-refractivity contribution is 0.0133. The van der Waals surface area contributed by atoms with Crippen LogP contribution in [-0.4, -0.2) is 28.4 Å². The molecule has 1 saturated heterocycles. The highest BCUT2D eigenvalue weighted by atomic mass is 16.5. The number of hydrogen-bond acceptors (Lipinski definition) is 6. The van der Waals surface area contributed by atoms with Gasteiger partial charge in [-0.3, -0.25) is 4.57 Å². The number of rotatable bonds is 7. The Morgan fingerprint density at radius 2 is 2.15 bits per heavy atom. The van der Waals surface area contributed by atoms with Crippen LogP contribution < -0.4 is 16.8 Å². The average Bonchev–Trinajstić information content (AvgIpc) is 3.21. The maximum Gasteiger partial charge on any atom is 0.207 e. The van der Waals surface area contributed by atoms with Crippen molar-refractivity contribution in [2.75, 3.05) is 17.6 Å². The Morgan fingerprint density at radius 3 is 2.74 bits per heavy atom. The molecule has 1 aromatic carbocycles. The molecule has 2 aromatic rings. The zero-order chi connectivity index (χ0) is 19.4. The number of nitrogens with two attached hydrogens (primary N) is 2. The van der Waals surface area contributed by atoms with Gasteiger partial charge in [0, 0.05) is 18.4 Å². The lowest BCUT2D eigenvalue weighted by Gasteiger charge is -2.18. The van der Waals surface area contributed by atoms with Gasteiger partial charge in [0.1, 0.15) is 11.9 Å². The molecule has 7 heteroatoms. The van der Waals surface area contributed by atoms with Crippen molar-refractivity contribution in [2.24, 2.45) is 10.7 Å². The highest BCUT2D eigenvalue weighted by Gasteiger charge is 2.29. The van der Waals surface area contributed by atoms with E-state index in [1.807, 2.05) is 35.8 Å². The third-order valence-corrected chi connectivity index (χ3v) is 4.62. The minimum Gasteiger partial charge on any atom is -0.399 e. The second-order valence-electron chi connectivity index (χ2n) is 6.79. The molecule has 0 bridgehead atoms. The van der Waals surface area contributed by atoms with Crippen molar-refractivity contribution in [3.63, 3.8) is 0 Å². The second kappa shape index (κ2) is 8.26. The van der Waals surface area contributed by atoms with Crippen molar-refractivity contribution in [2.45, 2.75) is 45.4 Å². The predicted octanol–water partition coefficient (Wildman–Crippen LogP) is 3.47. The summed E-state index contributed by atoms with van der Waals surface area (Å²) in [6.45, 7) is 8.51. The van der Waals surface area contributed by atoms with E-state index < -0.39 is 0 Å². The zero-order valence-corrected chi connectivity index (χ0v) is 16.0. The molecule has 5 N–H and O–H groups in total. The van der Waals surface area contributed by atoms with E-state index in [4.69, 9.17) is 16.2 Å². The van der Waals surface area contributed by atoms with Gasteiger partial charge >= 0.3 is 0 Å². The van der Waals surface area contributed by atoms with Crippen LogP contribution in [0.25, 0.3) is 5.70 Å². The molecule has 0 aliphatic carbocycles. The Hall–Kier alpha value is -2.80. The van der Waals surface area contributed by atoms with E-state index in [-0.39, 0.29) is 12.3 Å². The molecule has 0 amide bonds. The maximum absolute atomic E-state index is 6.07. The Kier molecular flexibility index (Phi) is 5.81. The van der Waals surface area contributed by atoms with Crippen molar-refractivity contribution >= 4 is 29.4 Å². The van der Waals surface area contributed by atoms with Gasteiger partial charge in [-0.05, 0) is 50.8 Å². The summed E-state index contributed by atoms with van der Waals surface area (Å²) in [5, 5.41) is 3.41. The van der Waals surface area contributed by atoms with Crippen LogP contribution in [0.15, 0.2) is 35.8 Å². The summed E-state index contributed by atoms with van der Waals surface area (Å²) in [5.74, 6) is 1.38. The number of nitrogen functional groups attached to an aromatic ring is 1. The van der Waals surface area contributed by atoms with E-state index in [0.29, 0.717) is 23.2 Å². The molecule has 1 fully saturated rings. The van der Waals surface area contributed by atoms with Gasteiger partial charge in [0.05, 0.1) is 11.8 Å². The fraction of sp³-hybridized carbons (Fsp3) is 0.400. The monoisotopic (exact) mass is 368 g/mol. The van der Waals surface area contributed by atoms with E-state index in [2.05, 4.69) is 28.8 Å². The van der Waals surface area contributed by atoms with E-state index in [9.17, 15) is 0 Å². The molecule has 0 spiro atoms. The first-order chi connectivity index (χ1) is 13.0. The summed E-state index contributed by atoms with van der Waals surface area (Å²) < 4.78 is 8.07. The largest absolute Gasteiger partial charge is 0.399 e. The van der Waals surface area contributed by atoms with Crippen molar-refractivity contribution in [3.8, 4) is 0 Å². The third kappa shape index (κ3) is 4.31. The van der Waals surface area contributed by atoms with Crippen LogP contribution in [0, 0.1) is 0 Å². The predicted molar refractivity (Wildman–Crippen MR) is 111 cm³/mol. The number of nitrogens with zero attached hydrogens (tertiary/aromatic N) is 3. The molecule has 27 heavy (non-hydrogen) atoms. The number of aromatic nitrogens is 2. The van der Waals surface area contributed by atoms with Crippen LogP contribution in [0.2, 0.25) is 0 Å². The molecule has 2 atom stereocenters. The van der Waals surface area contributed by atoms with Gasteiger partial charge in [0.2, 0.25) is 5.95 Å². The number of anilines is 2. The normalized spacial score (nSPS) is 19.6. The second-order valence-corrected chi connectivity index (χ2v) is 6.79. The maximum atomic E-state index is 6.07. The van der Waals surface area contributed by atoms with Gasteiger partial charge < -0.3 is 21.5 Å². The van der Waals surface area contributed by atoms with Gasteiger partial charge in [-0.15, -0.1) is 0 Å². The van der Waals surface area contributed by atoms with Crippen LogP contribution in [0.1, 0.15) is 44.2 Å². The number of benzene rings is 1. The Bertz CT molecular complexity index is 824. The summed E-state index contributed by atoms with van der Waals surface area (Å²) >= 11 is 0. The summed E-state index contributed by atoms with van der Waals surface area (Å²) in [6, 6.07) is 7.89. The molecule has 1 aliphatic heterocycles. The van der Waals surface area contributed by atoms with Crippen LogP contribution in [-0.2, 0) is 11.2 Å². The number of ether oxygens (including phenoxy) is 1. The van der Waals surface area contributed by atoms with Crippen molar-refractivity contribution < 1.29 is 4.74 Å². The first kappa shape index (κ1) is 19.0. The molecule has 2 heterocycles. The van der Waals surface area contributed by atoms with Crippen molar-refractivity contribution in [3.05, 3.63) is 42.1 Å². The van der Waals surface area contributed by atoms with Crippen LogP contribution in [0.5, 0.6) is 0 Å². The fourth-order valence-corrected chi connectivity index (χ4v) is 3.26. The molecule has 3 rings (SSSR count). The standard InChI is InChI=1S/C20H28N6O/c1-4-23-19-18(14(3)21)25-20(26(19)17-10-5-13(2)27-17)24-12-11-15-6-8-16(22)9-7-15/h4,6-9,13,17H,3,5,10-12,21-22H2,1-2H3,(H,24,25)/b23-4-. The van der Waals surface area contributed by atoms with Crippen molar-refractivity contribution in [1.82, 2.24) is 9.55 Å². The van der Waals surface area contributed by atoms with Gasteiger partial charge in [0.15, 0.2) is 5.82 Å². The summed E-state index contributed by atoms with van der Waals surface area (Å²) in [5.41, 5.74) is 14.7. The summed E-state index contributed by atoms with van der Waals surface area (Å²) in [4.78, 5) is 9.15. The number of hydrogen-bond donors (Lipinski definition) is 3. The average molecular weight is 368 g/mol. The highest BCUT2D eigenvalue weighted by Crippen LogP contribution is 2.37. The van der Waals surface area contributed by atoms with Gasteiger partial charge in [0.25, 0.3) is 0 Å². The quantitative estimate of drug-likeness (QED) is 0.513. The summed E-state index contributed by atoms with van der Waals surface area (Å²) in [7, 11) is 0. The number of aliphatic imine (C=N–C) groups is 1. The number of nitrogens with one attached hydrogen (secondary N) is 1. The van der Waals surface area contributed by atoms with Crippen LogP contribution >= 0.6 is 0 Å². The van der Waals surface area contributed by atoms with E-state index in [1.165, 1.54) is 5.56 Å². The minimum atomic E-state index is -0.113. The summed E-state index contributed by atoms with van der Waals surface area (Å²) in [6.07, 6.45) is 4.59. The Balaban J connectivity index is 1.84. The minimum absolute atomic E-state index is 0.113. The van der Waals surface area contributed by atoms with Crippen LogP contribution in [0.4, 0.5) is 17.5 Å². The lowest BCUT2D eigenvalue weighted by atomic mass is 10.1. The molecular formula is C20H28N6O. The first-order valence-electron chi connectivity index (χ1n) is 9.29. The lowest BCUT2D eigenvalue weighted by Crippen LogP contribution is -2.15. The third-order valence-electron chi connectivity index (χ3n) is 4.62. The van der Waals surface area contributed by atoms with E-state index in [1.54, 1.807) is 6.21 Å². The molecular weight excluding hydrogens is 340 g/mol. The smallest absolute Gasteiger partial charge is 0.207 e. The number of imidazole rings is 1. The molecule has 144 valence electrons. The van der Waals surface area contributed by atoms with E-state index in [0.717, 1.165) is 31.5 Å². The Morgan fingerprint density at radius 1 is 1.41 bits per heavy atom. The SMILES string of the molecule is C=C(N)c1nc(NCCc2ccc(N)cc2)n(C2CCC(C)O2)c1/N=C\C. The first-order valence-corrected chi connectivity index (χ1v) is 9.29. The van der Waals surface area contributed by atoms with Gasteiger partial charge in [-0.25, -0.2) is 9.98 Å².